The summed E-state index contributed by atoms with van der Waals surface area (Å²) < 4.78 is 11.5. The molecule has 3 atom stereocenters. The van der Waals surface area contributed by atoms with Crippen LogP contribution in [0, 0.1) is 11.3 Å². The van der Waals surface area contributed by atoms with Crippen LogP contribution >= 0.6 is 24.0 Å². The van der Waals surface area contributed by atoms with Crippen LogP contribution in [0.2, 0.25) is 0 Å². The maximum atomic E-state index is 6.01. The van der Waals surface area contributed by atoms with Gasteiger partial charge in [0.2, 0.25) is 0 Å². The van der Waals surface area contributed by atoms with Crippen LogP contribution in [0.5, 0.6) is 5.75 Å². The molecule has 2 aliphatic rings. The first-order valence-corrected chi connectivity index (χ1v) is 9.17. The first kappa shape index (κ1) is 21.3. The van der Waals surface area contributed by atoms with Crippen molar-refractivity contribution in [2.24, 2.45) is 16.3 Å². The Morgan fingerprint density at radius 2 is 2.12 bits per heavy atom. The zero-order valence-electron chi connectivity index (χ0n) is 16.5. The maximum absolute atomic E-state index is 6.01. The van der Waals surface area contributed by atoms with Crippen LogP contribution in [0.3, 0.4) is 0 Å². The van der Waals surface area contributed by atoms with E-state index in [1.807, 2.05) is 25.2 Å². The van der Waals surface area contributed by atoms with Gasteiger partial charge in [0.1, 0.15) is 5.75 Å². The van der Waals surface area contributed by atoms with Gasteiger partial charge < -0.3 is 19.7 Å². The normalized spacial score (nSPS) is 26.8. The van der Waals surface area contributed by atoms with E-state index in [9.17, 15) is 0 Å². The van der Waals surface area contributed by atoms with Gasteiger partial charge >= 0.3 is 0 Å². The standard InChI is InChI=1S/C20H31N3O2.HI/c1-20(2)17(15-10-8-12-25-18(15)20)22-19(21-3)23(4)13-14-9-6-7-11-16(14)24-5;/h6-7,9,11,15,17-18H,8,10,12-13H2,1-5H3,(H,21,22);1H. The summed E-state index contributed by atoms with van der Waals surface area (Å²) in [6.45, 7) is 6.25. The van der Waals surface area contributed by atoms with Gasteiger partial charge in [-0.15, -0.1) is 24.0 Å². The van der Waals surface area contributed by atoms with Crippen molar-refractivity contribution in [3.63, 3.8) is 0 Å². The second-order valence-electron chi connectivity index (χ2n) is 7.76. The maximum Gasteiger partial charge on any atom is 0.193 e. The summed E-state index contributed by atoms with van der Waals surface area (Å²) in [5, 5.41) is 3.71. The molecule has 1 saturated carbocycles. The molecule has 3 rings (SSSR count). The van der Waals surface area contributed by atoms with Gasteiger partial charge in [0.05, 0.1) is 13.2 Å². The van der Waals surface area contributed by atoms with Crippen LogP contribution in [0.4, 0.5) is 0 Å². The molecule has 1 aromatic carbocycles. The van der Waals surface area contributed by atoms with Gasteiger partial charge in [-0.05, 0) is 18.9 Å². The lowest BCUT2D eigenvalue weighted by Crippen LogP contribution is -2.71. The lowest BCUT2D eigenvalue weighted by Gasteiger charge is -2.60. The van der Waals surface area contributed by atoms with E-state index in [-0.39, 0.29) is 29.4 Å². The Bertz CT molecular complexity index is 635. The summed E-state index contributed by atoms with van der Waals surface area (Å²) in [5.74, 6) is 2.42. The topological polar surface area (TPSA) is 46.1 Å². The zero-order valence-corrected chi connectivity index (χ0v) is 18.8. The monoisotopic (exact) mass is 473 g/mol. The Morgan fingerprint density at radius 1 is 1.38 bits per heavy atom. The van der Waals surface area contributed by atoms with Gasteiger partial charge in [0, 0.05) is 50.2 Å². The Kier molecular flexibility index (Phi) is 7.19. The number of aliphatic imine (C=N–C) groups is 1. The number of guanidine groups is 1. The molecule has 0 bridgehead atoms. The fourth-order valence-corrected chi connectivity index (χ4v) is 4.46. The highest BCUT2D eigenvalue weighted by Gasteiger charge is 2.58. The number of halogens is 1. The number of nitrogens with one attached hydrogen (secondary N) is 1. The zero-order chi connectivity index (χ0) is 18.0. The summed E-state index contributed by atoms with van der Waals surface area (Å²) in [5.41, 5.74) is 1.29. The SMILES string of the molecule is CN=C(NC1C2CCCOC2C1(C)C)N(C)Cc1ccccc1OC.I. The molecule has 0 amide bonds. The summed E-state index contributed by atoms with van der Waals surface area (Å²) in [7, 11) is 5.63. The molecule has 6 heteroatoms. The molecule has 146 valence electrons. The van der Waals surface area contributed by atoms with Crippen LogP contribution in [0.15, 0.2) is 29.3 Å². The van der Waals surface area contributed by atoms with E-state index in [1.54, 1.807) is 7.11 Å². The third-order valence-electron chi connectivity index (χ3n) is 5.79. The molecule has 1 aliphatic heterocycles. The largest absolute Gasteiger partial charge is 0.496 e. The summed E-state index contributed by atoms with van der Waals surface area (Å²) >= 11 is 0. The lowest BCUT2D eigenvalue weighted by molar-refractivity contribution is -0.188. The average molecular weight is 473 g/mol. The van der Waals surface area contributed by atoms with E-state index in [2.05, 4.69) is 42.2 Å². The van der Waals surface area contributed by atoms with Crippen molar-refractivity contribution in [2.75, 3.05) is 27.8 Å². The van der Waals surface area contributed by atoms with E-state index < -0.39 is 0 Å². The molecule has 3 unspecified atom stereocenters. The third kappa shape index (κ3) is 3.96. The third-order valence-corrected chi connectivity index (χ3v) is 5.79. The second kappa shape index (κ2) is 8.78. The molecule has 1 aliphatic carbocycles. The minimum atomic E-state index is 0. The van der Waals surface area contributed by atoms with E-state index in [0.717, 1.165) is 36.8 Å². The van der Waals surface area contributed by atoms with Crippen molar-refractivity contribution in [1.29, 1.82) is 0 Å². The van der Waals surface area contributed by atoms with Gasteiger partial charge in [0.15, 0.2) is 5.96 Å². The minimum Gasteiger partial charge on any atom is -0.496 e. The molecule has 1 N–H and O–H groups in total. The van der Waals surface area contributed by atoms with E-state index >= 15 is 0 Å². The number of rotatable bonds is 4. The second-order valence-corrected chi connectivity index (χ2v) is 7.76. The van der Waals surface area contributed by atoms with Crippen LogP contribution < -0.4 is 10.1 Å². The number of para-hydroxylation sites is 1. The molecule has 5 nitrogen and oxygen atoms in total. The van der Waals surface area contributed by atoms with Gasteiger partial charge in [-0.2, -0.15) is 0 Å². The van der Waals surface area contributed by atoms with Crippen molar-refractivity contribution in [2.45, 2.75) is 45.4 Å². The Labute approximate surface area is 174 Å². The summed E-state index contributed by atoms with van der Waals surface area (Å²) in [4.78, 5) is 6.67. The summed E-state index contributed by atoms with van der Waals surface area (Å²) in [6.07, 6.45) is 2.76. The number of nitrogens with zero attached hydrogens (tertiary/aromatic N) is 2. The molecule has 0 aromatic heterocycles. The van der Waals surface area contributed by atoms with Crippen molar-refractivity contribution < 1.29 is 9.47 Å². The highest BCUT2D eigenvalue weighted by atomic mass is 127. The van der Waals surface area contributed by atoms with Gasteiger partial charge in [-0.25, -0.2) is 0 Å². The molecule has 26 heavy (non-hydrogen) atoms. The van der Waals surface area contributed by atoms with Crippen LogP contribution in [0.25, 0.3) is 0 Å². The minimum absolute atomic E-state index is 0. The number of ether oxygens (including phenoxy) is 2. The van der Waals surface area contributed by atoms with Crippen LogP contribution in [-0.4, -0.2) is 50.8 Å². The van der Waals surface area contributed by atoms with Crippen molar-refractivity contribution in [1.82, 2.24) is 10.2 Å². The first-order chi connectivity index (χ1) is 12.0. The first-order valence-electron chi connectivity index (χ1n) is 9.17. The van der Waals surface area contributed by atoms with Gasteiger partial charge in [0.25, 0.3) is 0 Å². The number of hydrogen-bond donors (Lipinski definition) is 1. The van der Waals surface area contributed by atoms with Crippen LogP contribution in [-0.2, 0) is 11.3 Å². The van der Waals surface area contributed by atoms with E-state index in [4.69, 9.17) is 9.47 Å². The molecule has 2 fully saturated rings. The number of hydrogen-bond acceptors (Lipinski definition) is 3. The molecule has 0 radical (unpaired) electrons. The molecule has 1 aromatic rings. The molecular weight excluding hydrogens is 441 g/mol. The smallest absolute Gasteiger partial charge is 0.193 e. The predicted octanol–water partition coefficient (Wildman–Crippen LogP) is 3.52. The predicted molar refractivity (Wildman–Crippen MR) is 116 cm³/mol. The van der Waals surface area contributed by atoms with E-state index in [1.165, 1.54) is 6.42 Å². The van der Waals surface area contributed by atoms with Gasteiger partial charge in [-0.3, -0.25) is 4.99 Å². The number of benzene rings is 1. The Morgan fingerprint density at radius 3 is 2.81 bits per heavy atom. The van der Waals surface area contributed by atoms with E-state index in [0.29, 0.717) is 18.1 Å². The number of fused-ring (bicyclic) bond motifs is 1. The lowest BCUT2D eigenvalue weighted by atomic mass is 9.55. The van der Waals surface area contributed by atoms with Crippen molar-refractivity contribution in [3.05, 3.63) is 29.8 Å². The molecule has 0 spiro atoms. The van der Waals surface area contributed by atoms with Gasteiger partial charge in [-0.1, -0.05) is 32.0 Å². The fraction of sp³-hybridized carbons (Fsp3) is 0.650. The quantitative estimate of drug-likeness (QED) is 0.413. The Balaban J connectivity index is 0.00000243. The van der Waals surface area contributed by atoms with Crippen LogP contribution in [0.1, 0.15) is 32.3 Å². The van der Waals surface area contributed by atoms with Crippen molar-refractivity contribution in [3.8, 4) is 5.75 Å². The molecule has 1 saturated heterocycles. The summed E-state index contributed by atoms with van der Waals surface area (Å²) in [6, 6.07) is 8.53. The number of methoxy groups -OCH3 is 1. The van der Waals surface area contributed by atoms with Crippen molar-refractivity contribution >= 4 is 29.9 Å². The average Bonchev–Trinajstić information content (AvgIpc) is 2.62. The molecule has 1 heterocycles. The highest BCUT2D eigenvalue weighted by molar-refractivity contribution is 14.0. The Hall–Kier alpha value is -1.02. The fourth-order valence-electron chi connectivity index (χ4n) is 4.46. The highest BCUT2D eigenvalue weighted by Crippen LogP contribution is 2.51. The molecular formula is C20H32IN3O2.